The average Bonchev–Trinajstić information content (AvgIpc) is 2.66. The molecule has 0 aliphatic carbocycles. The van der Waals surface area contributed by atoms with Gasteiger partial charge in [0.1, 0.15) is 5.75 Å². The molecule has 1 aliphatic rings. The van der Waals surface area contributed by atoms with Crippen molar-refractivity contribution in [3.63, 3.8) is 0 Å². The Kier molecular flexibility index (Phi) is 9.73. The molecule has 0 atom stereocenters. The first-order chi connectivity index (χ1) is 12.5. The topological polar surface area (TPSA) is 125 Å². The Balaban J connectivity index is 0.000000487. The quantitative estimate of drug-likeness (QED) is 0.484. The van der Waals surface area contributed by atoms with Crippen LogP contribution in [0.3, 0.4) is 0 Å². The summed E-state index contributed by atoms with van der Waals surface area (Å²) in [5, 5.41) is 17.7. The molecule has 1 aromatic rings. The van der Waals surface area contributed by atoms with Gasteiger partial charge in [0, 0.05) is 19.6 Å². The molecule has 0 aromatic heterocycles. The maximum Gasteiger partial charge on any atom is 0.414 e. The van der Waals surface area contributed by atoms with Gasteiger partial charge in [-0.3, -0.25) is 9.69 Å². The molecule has 0 radical (unpaired) electrons. The normalized spacial score (nSPS) is 13.9. The Morgan fingerprint density at radius 1 is 1.15 bits per heavy atom. The summed E-state index contributed by atoms with van der Waals surface area (Å²) in [6.45, 7) is 5.27. The van der Waals surface area contributed by atoms with Crippen LogP contribution in [0.15, 0.2) is 24.3 Å². The minimum absolute atomic E-state index is 0.0792. The van der Waals surface area contributed by atoms with Crippen molar-refractivity contribution in [2.75, 3.05) is 46.5 Å². The van der Waals surface area contributed by atoms with E-state index in [1.165, 1.54) is 0 Å². The van der Waals surface area contributed by atoms with E-state index in [2.05, 4.69) is 10.2 Å². The second-order valence-electron chi connectivity index (χ2n) is 5.37. The van der Waals surface area contributed by atoms with E-state index in [0.717, 1.165) is 39.3 Å². The zero-order chi connectivity index (χ0) is 19.4. The highest BCUT2D eigenvalue weighted by molar-refractivity contribution is 6.27. The van der Waals surface area contributed by atoms with Crippen molar-refractivity contribution in [2.45, 2.75) is 6.42 Å². The number of rotatable bonds is 6. The van der Waals surface area contributed by atoms with Crippen molar-refractivity contribution < 1.29 is 34.1 Å². The van der Waals surface area contributed by atoms with Gasteiger partial charge in [0.2, 0.25) is 0 Å². The summed E-state index contributed by atoms with van der Waals surface area (Å²) in [4.78, 5) is 32.6. The van der Waals surface area contributed by atoms with Crippen LogP contribution < -0.4 is 10.1 Å². The van der Waals surface area contributed by atoms with Gasteiger partial charge < -0.3 is 25.0 Å². The molecule has 1 amide bonds. The summed E-state index contributed by atoms with van der Waals surface area (Å²) in [7, 11) is 1.57. The van der Waals surface area contributed by atoms with Crippen molar-refractivity contribution in [3.05, 3.63) is 29.8 Å². The summed E-state index contributed by atoms with van der Waals surface area (Å²) >= 11 is 0. The zero-order valence-electron chi connectivity index (χ0n) is 14.6. The molecule has 1 aromatic carbocycles. The molecule has 1 saturated heterocycles. The molecule has 2 rings (SSSR count). The predicted octanol–water partition coefficient (Wildman–Crippen LogP) is 0.303. The minimum atomic E-state index is -1.82. The molecule has 0 unspecified atom stereocenters. The number of nitrogens with zero attached hydrogens (tertiary/aromatic N) is 1. The lowest BCUT2D eigenvalue weighted by molar-refractivity contribution is -0.159. The summed E-state index contributed by atoms with van der Waals surface area (Å²) < 4.78 is 10.5. The molecule has 26 heavy (non-hydrogen) atoms. The smallest absolute Gasteiger partial charge is 0.414 e. The Morgan fingerprint density at radius 3 is 2.35 bits per heavy atom. The fraction of sp³-hybridized carbons (Fsp3) is 0.471. The first-order valence-electron chi connectivity index (χ1n) is 8.13. The lowest BCUT2D eigenvalue weighted by Gasteiger charge is -2.26. The summed E-state index contributed by atoms with van der Waals surface area (Å²) in [5.74, 6) is -3.12. The number of hydrogen-bond donors (Lipinski definition) is 3. The Labute approximate surface area is 151 Å². The third-order valence-corrected chi connectivity index (χ3v) is 3.57. The Hall–Kier alpha value is -2.65. The number of methoxy groups -OCH3 is 1. The van der Waals surface area contributed by atoms with Gasteiger partial charge >= 0.3 is 11.9 Å². The van der Waals surface area contributed by atoms with Crippen LogP contribution in [-0.2, 0) is 14.3 Å². The molecule has 3 N–H and O–H groups in total. The summed E-state index contributed by atoms with van der Waals surface area (Å²) in [6.07, 6.45) is 0.945. The fourth-order valence-electron chi connectivity index (χ4n) is 2.26. The van der Waals surface area contributed by atoms with Crippen molar-refractivity contribution in [1.82, 2.24) is 10.2 Å². The van der Waals surface area contributed by atoms with E-state index in [1.54, 1.807) is 19.2 Å². The highest BCUT2D eigenvalue weighted by Gasteiger charge is 2.12. The van der Waals surface area contributed by atoms with Crippen LogP contribution in [0, 0.1) is 0 Å². The van der Waals surface area contributed by atoms with Crippen LogP contribution in [0.5, 0.6) is 5.75 Å². The van der Waals surface area contributed by atoms with Crippen molar-refractivity contribution in [2.24, 2.45) is 0 Å². The highest BCUT2D eigenvalue weighted by Crippen LogP contribution is 2.16. The molecule has 1 heterocycles. The van der Waals surface area contributed by atoms with Gasteiger partial charge in [-0.15, -0.1) is 0 Å². The van der Waals surface area contributed by atoms with Crippen LogP contribution in [-0.4, -0.2) is 79.5 Å². The lowest BCUT2D eigenvalue weighted by Crippen LogP contribution is -2.38. The van der Waals surface area contributed by atoms with Gasteiger partial charge in [0.25, 0.3) is 5.91 Å². The number of ether oxygens (including phenoxy) is 2. The number of hydrogen-bond acceptors (Lipinski definition) is 6. The number of aliphatic carboxylic acids is 2. The van der Waals surface area contributed by atoms with Gasteiger partial charge in [-0.05, 0) is 25.1 Å². The van der Waals surface area contributed by atoms with Crippen molar-refractivity contribution in [1.29, 1.82) is 0 Å². The first-order valence-corrected chi connectivity index (χ1v) is 8.13. The van der Waals surface area contributed by atoms with Crippen LogP contribution in [0.25, 0.3) is 0 Å². The van der Waals surface area contributed by atoms with E-state index in [-0.39, 0.29) is 5.91 Å². The third kappa shape index (κ3) is 7.95. The molecule has 9 nitrogen and oxygen atoms in total. The standard InChI is InChI=1S/C15H22N2O3.C2H2O4/c1-19-14-6-3-2-5-13(14)15(18)16-7-4-8-17-9-11-20-12-10-17;3-1(4)2(5)6/h2-3,5-6H,4,7-12H2,1H3,(H,16,18);(H,3,4)(H,5,6). The van der Waals surface area contributed by atoms with Gasteiger partial charge in [-0.1, -0.05) is 12.1 Å². The van der Waals surface area contributed by atoms with E-state index in [4.69, 9.17) is 29.3 Å². The maximum absolute atomic E-state index is 12.1. The molecule has 0 spiro atoms. The molecule has 144 valence electrons. The van der Waals surface area contributed by atoms with E-state index in [1.807, 2.05) is 12.1 Å². The van der Waals surface area contributed by atoms with E-state index >= 15 is 0 Å². The van der Waals surface area contributed by atoms with E-state index in [0.29, 0.717) is 17.9 Å². The maximum atomic E-state index is 12.1. The van der Waals surface area contributed by atoms with Gasteiger partial charge in [-0.2, -0.15) is 0 Å². The number of benzene rings is 1. The summed E-state index contributed by atoms with van der Waals surface area (Å²) in [6, 6.07) is 7.26. The summed E-state index contributed by atoms with van der Waals surface area (Å²) in [5.41, 5.74) is 0.585. The molecular weight excluding hydrogens is 344 g/mol. The molecule has 9 heteroatoms. The molecule has 0 saturated carbocycles. The lowest BCUT2D eigenvalue weighted by atomic mass is 10.2. The van der Waals surface area contributed by atoms with Gasteiger partial charge in [-0.25, -0.2) is 9.59 Å². The van der Waals surface area contributed by atoms with Gasteiger partial charge in [0.05, 0.1) is 25.9 Å². The highest BCUT2D eigenvalue weighted by atomic mass is 16.5. The largest absolute Gasteiger partial charge is 0.496 e. The third-order valence-electron chi connectivity index (χ3n) is 3.57. The number of carbonyl (C=O) groups is 3. The SMILES string of the molecule is COc1ccccc1C(=O)NCCCN1CCOCC1.O=C(O)C(=O)O. The van der Waals surface area contributed by atoms with Gasteiger partial charge in [0.15, 0.2) is 0 Å². The monoisotopic (exact) mass is 368 g/mol. The van der Waals surface area contributed by atoms with Crippen LogP contribution in [0.1, 0.15) is 16.8 Å². The zero-order valence-corrected chi connectivity index (χ0v) is 14.6. The number of carboxylic acids is 2. The number of morpholine rings is 1. The number of amides is 1. The number of carboxylic acid groups (broad SMARTS) is 2. The molecule has 0 bridgehead atoms. The second kappa shape index (κ2) is 11.8. The Bertz CT molecular complexity index is 589. The number of carbonyl (C=O) groups excluding carboxylic acids is 1. The predicted molar refractivity (Wildman–Crippen MR) is 92.5 cm³/mol. The molecule has 1 aliphatic heterocycles. The average molecular weight is 368 g/mol. The van der Waals surface area contributed by atoms with Crippen LogP contribution >= 0.6 is 0 Å². The van der Waals surface area contributed by atoms with Crippen LogP contribution in [0.4, 0.5) is 0 Å². The number of nitrogens with one attached hydrogen (secondary N) is 1. The Morgan fingerprint density at radius 2 is 1.77 bits per heavy atom. The first kappa shape index (κ1) is 21.4. The second-order valence-corrected chi connectivity index (χ2v) is 5.37. The molecular formula is C17H24N2O7. The van der Waals surface area contributed by atoms with E-state index in [9.17, 15) is 4.79 Å². The number of para-hydroxylation sites is 1. The van der Waals surface area contributed by atoms with Crippen molar-refractivity contribution >= 4 is 17.8 Å². The fourth-order valence-corrected chi connectivity index (χ4v) is 2.26. The minimum Gasteiger partial charge on any atom is -0.496 e. The van der Waals surface area contributed by atoms with E-state index < -0.39 is 11.9 Å². The molecule has 1 fully saturated rings. The van der Waals surface area contributed by atoms with Crippen molar-refractivity contribution in [3.8, 4) is 5.75 Å². The van der Waals surface area contributed by atoms with Crippen LogP contribution in [0.2, 0.25) is 0 Å².